The van der Waals surface area contributed by atoms with E-state index in [1.54, 1.807) is 11.1 Å². The van der Waals surface area contributed by atoms with Crippen LogP contribution in [0, 0.1) is 59.4 Å². The Morgan fingerprint density at radius 2 is 0.778 bits per heavy atom. The van der Waals surface area contributed by atoms with Crippen molar-refractivity contribution in [2.75, 3.05) is 0 Å². The molecule has 4 heteroatoms. The molecule has 2 fully saturated rings. The van der Waals surface area contributed by atoms with Gasteiger partial charge < -0.3 is 10.2 Å². The summed E-state index contributed by atoms with van der Waals surface area (Å²) >= 11 is 0. The summed E-state index contributed by atoms with van der Waals surface area (Å²) in [7, 11) is -1.77. The van der Waals surface area contributed by atoms with E-state index in [4.69, 9.17) is 0 Å². The van der Waals surface area contributed by atoms with E-state index in [1.807, 2.05) is 0 Å². The number of allylic oxidation sites excluding steroid dienone is 8. The van der Waals surface area contributed by atoms with Crippen LogP contribution in [0.5, 0.6) is 11.5 Å². The Bertz CT molecular complexity index is 1650. The van der Waals surface area contributed by atoms with Crippen molar-refractivity contribution >= 4 is 8.07 Å². The van der Waals surface area contributed by atoms with E-state index in [0.29, 0.717) is 11.1 Å². The second-order valence-electron chi connectivity index (χ2n) is 20.0. The molecule has 4 aliphatic rings. The molecule has 2 aromatic rings. The second-order valence-corrected chi connectivity index (χ2v) is 24.3. The van der Waals surface area contributed by atoms with Crippen molar-refractivity contribution in [2.45, 2.75) is 132 Å². The Morgan fingerprint density at radius 3 is 1.07 bits per heavy atom. The first-order valence-electron chi connectivity index (χ1n) is 19.3. The summed E-state index contributed by atoms with van der Waals surface area (Å²) < 4.78 is 0. The van der Waals surface area contributed by atoms with Crippen molar-refractivity contribution < 1.29 is 36.4 Å². The van der Waals surface area contributed by atoms with Gasteiger partial charge in [-0.1, -0.05) is 171 Å². The van der Waals surface area contributed by atoms with E-state index in [0.717, 1.165) is 22.3 Å². The number of aromatic hydroxyl groups is 2. The fraction of sp³-hybridized carbons (Fsp3) is 0.400. The number of rotatable bonds is 3. The molecule has 282 valence electrons. The summed E-state index contributed by atoms with van der Waals surface area (Å²) in [6, 6.07) is 8.35. The van der Waals surface area contributed by atoms with Gasteiger partial charge >= 0.3 is 26.2 Å². The standard InChI is InChI=1S/C28H42O2.C22H22Si.Zr/c1-25(2,3)17-13-19(23(29)21(15-17)27(7,8)9)20-14-18(26(4,5)6)16-22(24(20)30)28(10,11)12;1-15-13-17-9-5-7-11-19(17)21(15)23(3,4)22-16(2)14-18-10-6-8-12-20(18)22;/h13-16,29-30H,1-12H3;5-14H,1-4H3;/q;;+2. The minimum Gasteiger partial charge on any atom is -0.507 e. The summed E-state index contributed by atoms with van der Waals surface area (Å²) in [4.78, 5) is 0. The van der Waals surface area contributed by atoms with Gasteiger partial charge in [0, 0.05) is 45.9 Å². The molecule has 0 amide bonds. The Labute approximate surface area is 351 Å². The van der Waals surface area contributed by atoms with E-state index in [-0.39, 0.29) is 59.4 Å². The van der Waals surface area contributed by atoms with Crippen molar-refractivity contribution in [1.29, 1.82) is 0 Å². The zero-order valence-corrected chi connectivity index (χ0v) is 39.4. The van der Waals surface area contributed by atoms with Crippen LogP contribution in [-0.2, 0) is 47.9 Å². The van der Waals surface area contributed by atoms with Crippen molar-refractivity contribution in [3.05, 3.63) is 155 Å². The molecule has 10 radical (unpaired) electrons. The maximum Gasteiger partial charge on any atom is 2.00 e. The third kappa shape index (κ3) is 8.96. The molecule has 0 spiro atoms. The van der Waals surface area contributed by atoms with Crippen LogP contribution in [0.2, 0.25) is 13.1 Å². The Balaban J connectivity index is 0.000000243. The smallest absolute Gasteiger partial charge is 0.507 e. The number of fused-ring (bicyclic) bond motifs is 2. The quantitative estimate of drug-likeness (QED) is 0.303. The maximum absolute atomic E-state index is 11.4. The molecule has 2 saturated carbocycles. The number of hydrogen-bond acceptors (Lipinski definition) is 2. The van der Waals surface area contributed by atoms with Gasteiger partial charge in [0.05, 0.1) is 8.07 Å². The van der Waals surface area contributed by atoms with Gasteiger partial charge in [0.25, 0.3) is 0 Å². The number of benzene rings is 2. The Morgan fingerprint density at radius 1 is 0.463 bits per heavy atom. The molecule has 0 aromatic heterocycles. The molecular formula is C50H64O2SiZr+2. The molecule has 4 aliphatic carbocycles. The average Bonchev–Trinajstić information content (AvgIpc) is 3.55. The zero-order valence-electron chi connectivity index (χ0n) is 36.0. The van der Waals surface area contributed by atoms with Gasteiger partial charge in [-0.3, -0.25) is 0 Å². The van der Waals surface area contributed by atoms with E-state index in [9.17, 15) is 10.2 Å². The van der Waals surface area contributed by atoms with Gasteiger partial charge in [0.2, 0.25) is 0 Å². The van der Waals surface area contributed by atoms with Crippen molar-refractivity contribution in [3.63, 3.8) is 0 Å². The first kappa shape index (κ1) is 44.8. The summed E-state index contributed by atoms with van der Waals surface area (Å²) in [6.07, 6.45) is 22.4. The van der Waals surface area contributed by atoms with Gasteiger partial charge in [0.1, 0.15) is 11.5 Å². The zero-order chi connectivity index (χ0) is 39.6. The number of hydrogen-bond donors (Lipinski definition) is 2. The monoisotopic (exact) mass is 814 g/mol. The van der Waals surface area contributed by atoms with Gasteiger partial charge in [-0.05, 0) is 80.7 Å². The fourth-order valence-electron chi connectivity index (χ4n) is 8.21. The van der Waals surface area contributed by atoms with Gasteiger partial charge in [-0.25, -0.2) is 0 Å². The van der Waals surface area contributed by atoms with Crippen molar-refractivity contribution in [3.8, 4) is 22.6 Å². The predicted octanol–water partition coefficient (Wildman–Crippen LogP) is 13.0. The summed E-state index contributed by atoms with van der Waals surface area (Å²) in [6.45, 7) is 35.4. The molecule has 0 atom stereocenters. The van der Waals surface area contributed by atoms with Crippen LogP contribution < -0.4 is 0 Å². The summed E-state index contributed by atoms with van der Waals surface area (Å²) in [5.41, 5.74) is 8.15. The van der Waals surface area contributed by atoms with Gasteiger partial charge in [0.15, 0.2) is 0 Å². The first-order chi connectivity index (χ1) is 24.2. The van der Waals surface area contributed by atoms with Crippen LogP contribution in [-0.4, -0.2) is 18.3 Å². The van der Waals surface area contributed by atoms with E-state index in [1.165, 1.54) is 35.5 Å². The van der Waals surface area contributed by atoms with Gasteiger partial charge in [-0.2, -0.15) is 0 Å². The van der Waals surface area contributed by atoms with Crippen LogP contribution in [0.1, 0.15) is 119 Å². The minimum atomic E-state index is -1.77. The van der Waals surface area contributed by atoms with Crippen LogP contribution in [0.4, 0.5) is 0 Å². The SMILES string of the molecule is CC(C)(C)c1cc(-c2cc(C(C)(C)C)cc(C(C)(C)C)c2O)c(O)c(C(C)(C)C)c1.C[C]1[CH][C]2C=CC=C[C]2[C]1[Si](C)(C)[C]1[C](C)[CH][C]2C=CC=C[C]21.[Zr+2]. The molecule has 2 nitrogen and oxygen atoms in total. The van der Waals surface area contributed by atoms with E-state index >= 15 is 0 Å². The summed E-state index contributed by atoms with van der Waals surface area (Å²) in [5.74, 6) is 9.09. The average molecular weight is 816 g/mol. The van der Waals surface area contributed by atoms with E-state index < -0.39 is 8.07 Å². The Hall–Kier alpha value is -1.90. The van der Waals surface area contributed by atoms with Crippen LogP contribution in [0.25, 0.3) is 11.1 Å². The summed E-state index contributed by atoms with van der Waals surface area (Å²) in [5, 5.41) is 22.7. The molecule has 0 bridgehead atoms. The molecule has 6 rings (SSSR count). The fourth-order valence-corrected chi connectivity index (χ4v) is 12.4. The normalized spacial score (nSPS) is 19.9. The van der Waals surface area contributed by atoms with Crippen molar-refractivity contribution in [1.82, 2.24) is 0 Å². The molecule has 0 saturated heterocycles. The number of phenolic OH excluding ortho intramolecular Hbond substituents is 2. The maximum atomic E-state index is 11.4. The first-order valence-corrected chi connectivity index (χ1v) is 22.3. The van der Waals surface area contributed by atoms with E-state index in [2.05, 4.69) is 196 Å². The molecule has 0 aliphatic heterocycles. The minimum absolute atomic E-state index is 0. The predicted molar refractivity (Wildman–Crippen MR) is 230 cm³/mol. The number of phenols is 2. The third-order valence-corrected chi connectivity index (χ3v) is 14.9. The van der Waals surface area contributed by atoms with Crippen LogP contribution in [0.15, 0.2) is 72.9 Å². The van der Waals surface area contributed by atoms with Crippen LogP contribution >= 0.6 is 0 Å². The Kier molecular flexibility index (Phi) is 13.1. The third-order valence-electron chi connectivity index (χ3n) is 11.1. The molecule has 0 heterocycles. The largest absolute Gasteiger partial charge is 2.00 e. The van der Waals surface area contributed by atoms with Gasteiger partial charge in [-0.15, -0.1) is 0 Å². The second kappa shape index (κ2) is 15.8. The van der Waals surface area contributed by atoms with Crippen molar-refractivity contribution in [2.24, 2.45) is 0 Å². The topological polar surface area (TPSA) is 40.5 Å². The molecular weight excluding hydrogens is 752 g/mol. The van der Waals surface area contributed by atoms with Crippen LogP contribution in [0.3, 0.4) is 0 Å². The molecule has 2 N–H and O–H groups in total. The molecule has 54 heavy (non-hydrogen) atoms. The molecule has 0 unspecified atom stereocenters. The molecule has 2 aromatic carbocycles.